The maximum Gasteiger partial charge on any atom is 0.251 e. The van der Waals surface area contributed by atoms with Crippen molar-refractivity contribution in [1.29, 1.82) is 0 Å². The Morgan fingerprint density at radius 2 is 1.85 bits per heavy atom. The number of allylic oxidation sites excluding steroid dienone is 2. The third-order valence-corrected chi connectivity index (χ3v) is 9.78. The molecule has 4 aliphatic rings. The van der Waals surface area contributed by atoms with Crippen LogP contribution in [0.15, 0.2) is 76.8 Å². The van der Waals surface area contributed by atoms with Crippen molar-refractivity contribution in [3.63, 3.8) is 0 Å². The minimum Gasteiger partial charge on any atom is -0.303 e. The van der Waals surface area contributed by atoms with E-state index in [-0.39, 0.29) is 16.8 Å². The second-order valence-corrected chi connectivity index (χ2v) is 12.6. The molecule has 0 bridgehead atoms. The van der Waals surface area contributed by atoms with Crippen LogP contribution in [0, 0.1) is 5.92 Å². The summed E-state index contributed by atoms with van der Waals surface area (Å²) in [7, 11) is 0. The van der Waals surface area contributed by atoms with Crippen LogP contribution in [-0.2, 0) is 12.8 Å². The second-order valence-electron chi connectivity index (χ2n) is 11.4. The van der Waals surface area contributed by atoms with E-state index in [2.05, 4.69) is 35.1 Å². The van der Waals surface area contributed by atoms with E-state index in [1.54, 1.807) is 23.0 Å². The monoisotopic (exact) mass is 599 g/mol. The number of aromatic nitrogens is 4. The first-order valence-corrected chi connectivity index (χ1v) is 14.9. The Hall–Kier alpha value is -3.45. The Kier molecular flexibility index (Phi) is 5.72. The van der Waals surface area contributed by atoms with Crippen molar-refractivity contribution in [3.8, 4) is 16.8 Å². The van der Waals surface area contributed by atoms with Crippen LogP contribution in [0.3, 0.4) is 0 Å². The largest absolute Gasteiger partial charge is 0.303 e. The first kappa shape index (κ1) is 25.3. The van der Waals surface area contributed by atoms with E-state index in [4.69, 9.17) is 39.8 Å². The number of hydrogen-bond acceptors (Lipinski definition) is 4. The number of nitrogens with zero attached hydrogens (tertiary/aromatic N) is 5. The van der Waals surface area contributed by atoms with Gasteiger partial charge in [-0.25, -0.2) is 4.68 Å². The Bertz CT molecular complexity index is 1930. The van der Waals surface area contributed by atoms with Crippen molar-refractivity contribution >= 4 is 46.1 Å². The van der Waals surface area contributed by atoms with Crippen LogP contribution >= 0.6 is 34.8 Å². The van der Waals surface area contributed by atoms with Gasteiger partial charge in [-0.05, 0) is 83.7 Å². The molecule has 0 N–H and O–H groups in total. The topological polar surface area (TPSA) is 65.1 Å². The molecular weight excluding hydrogens is 577 g/mol. The van der Waals surface area contributed by atoms with Crippen molar-refractivity contribution < 1.29 is 0 Å². The van der Waals surface area contributed by atoms with Gasteiger partial charge in [0, 0.05) is 46.6 Å². The van der Waals surface area contributed by atoms with E-state index in [0.29, 0.717) is 23.3 Å². The molecule has 2 aromatic heterocycles. The minimum atomic E-state index is -0.0435. The van der Waals surface area contributed by atoms with Gasteiger partial charge < -0.3 is 4.57 Å². The number of aliphatic imine (C=N–C) groups is 1. The van der Waals surface area contributed by atoms with Crippen LogP contribution < -0.4 is 5.56 Å². The first-order chi connectivity index (χ1) is 19.9. The summed E-state index contributed by atoms with van der Waals surface area (Å²) in [5.74, 6) is 0.714. The standard InChI is InChI=1S/C32H24Cl3N5O/c1-16-2-5-21-17(8-16)3-6-22(31(21)35)19-9-26(36-14-19)32-25-13-24(25)28-10-18(11-30(41)40(28)32)23-12-20(33)4-7-27(23)39-15-29(34)37-38-39/h3-4,6-7,10-12,14-15,24-25,32H,1-2,5,8-9,13H2. The van der Waals surface area contributed by atoms with E-state index < -0.39 is 0 Å². The third-order valence-electron chi connectivity index (χ3n) is 8.94. The minimum absolute atomic E-state index is 0.0413. The van der Waals surface area contributed by atoms with Crippen molar-refractivity contribution in [1.82, 2.24) is 19.6 Å². The molecule has 204 valence electrons. The Morgan fingerprint density at radius 1 is 0.976 bits per heavy atom. The summed E-state index contributed by atoms with van der Waals surface area (Å²) in [6.07, 6.45) is 8.12. The summed E-state index contributed by atoms with van der Waals surface area (Å²) in [6, 6.07) is 13.6. The van der Waals surface area contributed by atoms with Gasteiger partial charge in [-0.3, -0.25) is 9.79 Å². The predicted molar refractivity (Wildman–Crippen MR) is 164 cm³/mol. The lowest BCUT2D eigenvalue weighted by molar-refractivity contribution is 0.584. The number of hydrogen-bond donors (Lipinski definition) is 0. The highest BCUT2D eigenvalue weighted by Crippen LogP contribution is 2.60. The predicted octanol–water partition coefficient (Wildman–Crippen LogP) is 7.65. The smallest absolute Gasteiger partial charge is 0.251 e. The molecule has 4 heterocycles. The number of fused-ring (bicyclic) bond motifs is 4. The van der Waals surface area contributed by atoms with Crippen molar-refractivity contribution in [2.45, 2.75) is 44.1 Å². The molecule has 41 heavy (non-hydrogen) atoms. The highest BCUT2D eigenvalue weighted by molar-refractivity contribution is 6.33. The molecule has 9 heteroatoms. The van der Waals surface area contributed by atoms with Gasteiger partial charge in [0.05, 0.1) is 22.9 Å². The highest BCUT2D eigenvalue weighted by atomic mass is 35.5. The summed E-state index contributed by atoms with van der Waals surface area (Å²) < 4.78 is 3.55. The quantitative estimate of drug-likeness (QED) is 0.226. The zero-order chi connectivity index (χ0) is 28.0. The molecule has 6 nitrogen and oxygen atoms in total. The van der Waals surface area contributed by atoms with Gasteiger partial charge in [0.15, 0.2) is 5.15 Å². The van der Waals surface area contributed by atoms with Crippen LogP contribution in [0.1, 0.15) is 53.6 Å². The van der Waals surface area contributed by atoms with E-state index in [1.165, 1.54) is 16.7 Å². The van der Waals surface area contributed by atoms with Gasteiger partial charge in [-0.15, -0.1) is 5.10 Å². The lowest BCUT2D eigenvalue weighted by Crippen LogP contribution is -2.29. The fraction of sp³-hybridized carbons (Fsp3) is 0.250. The van der Waals surface area contributed by atoms with Gasteiger partial charge in [0.2, 0.25) is 0 Å². The lowest BCUT2D eigenvalue weighted by Gasteiger charge is -2.22. The average molecular weight is 601 g/mol. The molecule has 0 saturated heterocycles. The molecule has 8 rings (SSSR count). The number of benzene rings is 2. The molecule has 0 amide bonds. The van der Waals surface area contributed by atoms with Crippen LogP contribution in [0.25, 0.3) is 22.4 Å². The molecule has 3 unspecified atom stereocenters. The van der Waals surface area contributed by atoms with E-state index in [0.717, 1.165) is 70.1 Å². The molecule has 2 aromatic carbocycles. The van der Waals surface area contributed by atoms with Crippen LogP contribution in [0.2, 0.25) is 15.2 Å². The molecule has 0 spiro atoms. The fourth-order valence-corrected chi connectivity index (χ4v) is 7.63. The van der Waals surface area contributed by atoms with Gasteiger partial charge in [0.25, 0.3) is 5.56 Å². The van der Waals surface area contributed by atoms with Crippen molar-refractivity contribution in [3.05, 3.63) is 115 Å². The van der Waals surface area contributed by atoms with Gasteiger partial charge in [0.1, 0.15) is 0 Å². The summed E-state index contributed by atoms with van der Waals surface area (Å²) in [4.78, 5) is 18.6. The average Bonchev–Trinajstić information content (AvgIpc) is 3.24. The summed E-state index contributed by atoms with van der Waals surface area (Å²) in [5, 5.41) is 9.72. The van der Waals surface area contributed by atoms with Gasteiger partial charge >= 0.3 is 0 Å². The molecule has 4 aromatic rings. The number of halogens is 3. The molecule has 0 radical (unpaired) electrons. The first-order valence-electron chi connectivity index (χ1n) is 13.7. The SMILES string of the molecule is C=C1CCc2c(ccc(C3=CN=C(C4C5CC5c5cc(-c6cc(Cl)ccc6-n6cc(Cl)nn6)cc(=O)n54)C3)c2Cl)C1. The summed E-state index contributed by atoms with van der Waals surface area (Å²) >= 11 is 19.4. The molecule has 1 fully saturated rings. The zero-order valence-corrected chi connectivity index (χ0v) is 24.2. The molecule has 2 aliphatic carbocycles. The number of pyridine rings is 1. The molecule has 3 atom stereocenters. The summed E-state index contributed by atoms with van der Waals surface area (Å²) in [5.41, 5.74) is 10.3. The molecule has 1 saturated carbocycles. The van der Waals surface area contributed by atoms with Gasteiger partial charge in [-0.1, -0.05) is 64.3 Å². The maximum atomic E-state index is 13.7. The fourth-order valence-electron chi connectivity index (χ4n) is 6.93. The maximum absolute atomic E-state index is 13.7. The zero-order valence-electron chi connectivity index (χ0n) is 21.9. The Balaban J connectivity index is 1.12. The number of rotatable bonds is 4. The van der Waals surface area contributed by atoms with E-state index in [9.17, 15) is 4.79 Å². The van der Waals surface area contributed by atoms with Gasteiger partial charge in [-0.2, -0.15) is 0 Å². The molecule has 2 aliphatic heterocycles. The molecular formula is C32H24Cl3N5O. The van der Waals surface area contributed by atoms with E-state index >= 15 is 0 Å². The van der Waals surface area contributed by atoms with Crippen molar-refractivity contribution in [2.75, 3.05) is 0 Å². The van der Waals surface area contributed by atoms with Crippen LogP contribution in [0.4, 0.5) is 0 Å². The van der Waals surface area contributed by atoms with Crippen molar-refractivity contribution in [2.24, 2.45) is 10.9 Å². The Morgan fingerprint density at radius 3 is 2.68 bits per heavy atom. The van der Waals surface area contributed by atoms with Crippen LogP contribution in [0.5, 0.6) is 0 Å². The normalized spacial score (nSPS) is 22.2. The highest BCUT2D eigenvalue weighted by Gasteiger charge is 2.54. The van der Waals surface area contributed by atoms with E-state index in [1.807, 2.05) is 22.9 Å². The Labute approximate surface area is 251 Å². The lowest BCUT2D eigenvalue weighted by atomic mass is 9.86. The van der Waals surface area contributed by atoms with Crippen LogP contribution in [-0.4, -0.2) is 25.3 Å². The second kappa shape index (κ2) is 9.28. The summed E-state index contributed by atoms with van der Waals surface area (Å²) in [6.45, 7) is 4.16. The third kappa shape index (κ3) is 4.07.